The molecule has 2 unspecified atom stereocenters. The molecule has 5 rings (SSSR count). The van der Waals surface area contributed by atoms with Gasteiger partial charge in [-0.15, -0.1) is 0 Å². The largest absolute Gasteiger partial charge is 0.463 e. The maximum absolute atomic E-state index is 13.2. The van der Waals surface area contributed by atoms with Crippen molar-refractivity contribution < 1.29 is 19.1 Å². The van der Waals surface area contributed by atoms with Gasteiger partial charge < -0.3 is 15.2 Å². The molecule has 0 aliphatic heterocycles. The number of ether oxygens (including phenoxy) is 2. The summed E-state index contributed by atoms with van der Waals surface area (Å²) in [5, 5.41) is 0. The first kappa shape index (κ1) is 19.5. The normalized spacial score (nSPS) is 24.2. The number of carbonyl (C=O) groups is 2. The molecule has 2 aromatic rings. The molecule has 2 bridgehead atoms. The smallest absolute Gasteiger partial charge is 0.311 e. The lowest BCUT2D eigenvalue weighted by Gasteiger charge is -2.48. The van der Waals surface area contributed by atoms with Crippen molar-refractivity contribution in [3.63, 3.8) is 0 Å². The van der Waals surface area contributed by atoms with Crippen molar-refractivity contribution in [2.45, 2.75) is 51.7 Å². The zero-order chi connectivity index (χ0) is 20.9. The van der Waals surface area contributed by atoms with Gasteiger partial charge in [-0.25, -0.2) is 0 Å². The van der Waals surface area contributed by atoms with Crippen LogP contribution in [0.5, 0.6) is 0 Å². The van der Waals surface area contributed by atoms with E-state index >= 15 is 0 Å². The third kappa shape index (κ3) is 3.18. The van der Waals surface area contributed by atoms with Crippen LogP contribution in [0.1, 0.15) is 61.8 Å². The van der Waals surface area contributed by atoms with E-state index in [1.807, 2.05) is 70.2 Å². The van der Waals surface area contributed by atoms with Crippen LogP contribution < -0.4 is 5.73 Å². The van der Waals surface area contributed by atoms with Crippen LogP contribution in [0.15, 0.2) is 42.5 Å². The van der Waals surface area contributed by atoms with E-state index in [4.69, 9.17) is 15.2 Å². The number of hydrogen-bond acceptors (Lipinski definition) is 5. The second kappa shape index (κ2) is 7.21. The molecule has 0 aromatic heterocycles. The molecule has 0 fully saturated rings. The predicted molar refractivity (Wildman–Crippen MR) is 110 cm³/mol. The molecule has 3 aliphatic carbocycles. The van der Waals surface area contributed by atoms with Crippen molar-refractivity contribution >= 4 is 17.6 Å². The maximum atomic E-state index is 13.2. The van der Waals surface area contributed by atoms with E-state index in [1.54, 1.807) is 0 Å². The summed E-state index contributed by atoms with van der Waals surface area (Å²) >= 11 is 0. The van der Waals surface area contributed by atoms with Gasteiger partial charge in [0.05, 0.1) is 24.0 Å². The summed E-state index contributed by atoms with van der Waals surface area (Å²) in [6.07, 6.45) is -0.522. The summed E-state index contributed by atoms with van der Waals surface area (Å²) < 4.78 is 11.2. The second-order valence-corrected chi connectivity index (χ2v) is 8.50. The maximum Gasteiger partial charge on any atom is 0.311 e. The van der Waals surface area contributed by atoms with Crippen molar-refractivity contribution in [1.82, 2.24) is 0 Å². The second-order valence-electron chi connectivity index (χ2n) is 8.50. The number of fused-ring (bicyclic) bond motifs is 1. The molecule has 0 heterocycles. The molecule has 4 atom stereocenters. The van der Waals surface area contributed by atoms with E-state index < -0.39 is 11.8 Å². The molecule has 0 saturated heterocycles. The Kier molecular flexibility index (Phi) is 4.85. The number of hydrogen-bond donors (Lipinski definition) is 1. The van der Waals surface area contributed by atoms with Crippen LogP contribution in [0.3, 0.4) is 0 Å². The van der Waals surface area contributed by atoms with Crippen molar-refractivity contribution in [3.8, 4) is 0 Å². The Morgan fingerprint density at radius 2 is 1.21 bits per heavy atom. The van der Waals surface area contributed by atoms with Gasteiger partial charge in [0.1, 0.15) is 0 Å². The van der Waals surface area contributed by atoms with Gasteiger partial charge in [0.15, 0.2) is 0 Å². The number of esters is 2. The molecule has 5 heteroatoms. The van der Waals surface area contributed by atoms with Crippen molar-refractivity contribution in [2.75, 3.05) is 5.73 Å². The average Bonchev–Trinajstić information content (AvgIpc) is 2.65. The lowest BCUT2D eigenvalue weighted by atomic mass is 9.54. The summed E-state index contributed by atoms with van der Waals surface area (Å²) in [6.45, 7) is 7.28. The molecule has 152 valence electrons. The first-order valence-electron chi connectivity index (χ1n) is 10.2. The van der Waals surface area contributed by atoms with Gasteiger partial charge in [-0.2, -0.15) is 0 Å². The van der Waals surface area contributed by atoms with Crippen LogP contribution in [-0.4, -0.2) is 24.1 Å². The van der Waals surface area contributed by atoms with Crippen LogP contribution >= 0.6 is 0 Å². The first-order valence-corrected chi connectivity index (χ1v) is 10.2. The van der Waals surface area contributed by atoms with E-state index in [2.05, 4.69) is 0 Å². The number of nitrogens with two attached hydrogens (primary N) is 1. The van der Waals surface area contributed by atoms with Crippen LogP contribution in [0, 0.1) is 11.8 Å². The Morgan fingerprint density at radius 1 is 0.759 bits per heavy atom. The first-order chi connectivity index (χ1) is 13.8. The van der Waals surface area contributed by atoms with Crippen molar-refractivity contribution in [1.29, 1.82) is 0 Å². The minimum atomic E-state index is -0.641. The van der Waals surface area contributed by atoms with Gasteiger partial charge in [-0.1, -0.05) is 30.3 Å². The third-order valence-electron chi connectivity index (χ3n) is 5.80. The van der Waals surface area contributed by atoms with E-state index in [1.165, 1.54) is 0 Å². The van der Waals surface area contributed by atoms with Crippen LogP contribution in [0.25, 0.3) is 0 Å². The van der Waals surface area contributed by atoms with Crippen LogP contribution in [0.4, 0.5) is 5.69 Å². The summed E-state index contributed by atoms with van der Waals surface area (Å²) in [5.74, 6) is -2.52. The predicted octanol–water partition coefficient (Wildman–Crippen LogP) is 4.00. The molecule has 3 aliphatic rings. The van der Waals surface area contributed by atoms with E-state index in [9.17, 15) is 9.59 Å². The topological polar surface area (TPSA) is 78.6 Å². The van der Waals surface area contributed by atoms with E-state index in [-0.39, 0.29) is 36.0 Å². The number of anilines is 1. The van der Waals surface area contributed by atoms with Gasteiger partial charge in [0.2, 0.25) is 0 Å². The number of carbonyl (C=O) groups excluding carboxylic acids is 2. The van der Waals surface area contributed by atoms with Gasteiger partial charge in [0.25, 0.3) is 0 Å². The van der Waals surface area contributed by atoms with Gasteiger partial charge >= 0.3 is 11.9 Å². The number of nitrogen functional groups attached to an aromatic ring is 1. The summed E-state index contributed by atoms with van der Waals surface area (Å²) in [7, 11) is 0. The fourth-order valence-corrected chi connectivity index (χ4v) is 4.93. The highest BCUT2D eigenvalue weighted by Crippen LogP contribution is 2.59. The molecule has 0 saturated carbocycles. The van der Waals surface area contributed by atoms with Gasteiger partial charge in [-0.05, 0) is 62.1 Å². The Balaban J connectivity index is 1.93. The third-order valence-corrected chi connectivity index (χ3v) is 5.80. The average molecular weight is 393 g/mol. The lowest BCUT2D eigenvalue weighted by Crippen LogP contribution is -2.48. The number of rotatable bonds is 4. The minimum Gasteiger partial charge on any atom is -0.463 e. The molecule has 2 aromatic carbocycles. The van der Waals surface area contributed by atoms with Crippen LogP contribution in [-0.2, 0) is 19.1 Å². The highest BCUT2D eigenvalue weighted by atomic mass is 16.6. The fraction of sp³-hybridized carbons (Fsp3) is 0.417. The zero-order valence-corrected chi connectivity index (χ0v) is 17.2. The summed E-state index contributed by atoms with van der Waals surface area (Å²) in [6, 6.07) is 13.8. The van der Waals surface area contributed by atoms with E-state index in [0.29, 0.717) is 5.69 Å². The zero-order valence-electron chi connectivity index (χ0n) is 17.2. The number of benzene rings is 2. The Bertz CT molecular complexity index is 965. The van der Waals surface area contributed by atoms with Gasteiger partial charge in [0, 0.05) is 17.5 Å². The molecule has 0 amide bonds. The molecule has 0 radical (unpaired) electrons. The molecule has 2 N–H and O–H groups in total. The Hall–Kier alpha value is -2.82. The standard InChI is InChI=1S/C24H27NO4/c1-12(2)28-23(26)21-19-15-7-5-6-8-16(15)20(22(21)24(27)29-13(3)4)18-11-14(25)9-10-17(18)19/h5-13,19-22H,25H2,1-4H3/t19?,20?,21-,22-/m0/s1. The fourth-order valence-electron chi connectivity index (χ4n) is 4.93. The van der Waals surface area contributed by atoms with E-state index in [0.717, 1.165) is 22.3 Å². The van der Waals surface area contributed by atoms with Crippen molar-refractivity contribution in [2.24, 2.45) is 11.8 Å². The van der Waals surface area contributed by atoms with Gasteiger partial charge in [-0.3, -0.25) is 9.59 Å². The molecular formula is C24H27NO4. The Labute approximate surface area is 171 Å². The minimum absolute atomic E-state index is 0.258. The quantitative estimate of drug-likeness (QED) is 0.628. The summed E-state index contributed by atoms with van der Waals surface area (Å²) in [4.78, 5) is 26.5. The van der Waals surface area contributed by atoms with Crippen LogP contribution in [0.2, 0.25) is 0 Å². The molecule has 29 heavy (non-hydrogen) atoms. The SMILES string of the molecule is CC(C)OC(=O)[C@H]1C2c3ccccc3C(c3cc(N)ccc32)[C@@H]1C(=O)OC(C)C. The monoisotopic (exact) mass is 393 g/mol. The highest BCUT2D eigenvalue weighted by Gasteiger charge is 2.56. The summed E-state index contributed by atoms with van der Waals surface area (Å²) in [5.41, 5.74) is 10.9. The molecule has 5 nitrogen and oxygen atoms in total. The highest BCUT2D eigenvalue weighted by molar-refractivity contribution is 5.88. The van der Waals surface area contributed by atoms with Crippen molar-refractivity contribution in [3.05, 3.63) is 64.7 Å². The molecule has 0 spiro atoms. The lowest BCUT2D eigenvalue weighted by molar-refractivity contribution is -0.167. The molecular weight excluding hydrogens is 366 g/mol. The Morgan fingerprint density at radius 3 is 1.69 bits per heavy atom.